The summed E-state index contributed by atoms with van der Waals surface area (Å²) in [5, 5.41) is 0. The Labute approximate surface area is 241 Å². The van der Waals surface area contributed by atoms with Crippen molar-refractivity contribution in [1.29, 1.82) is 0 Å². The van der Waals surface area contributed by atoms with Gasteiger partial charge >= 0.3 is 0 Å². The van der Waals surface area contributed by atoms with Gasteiger partial charge in [0.25, 0.3) is 0 Å². The normalized spacial score (nSPS) is 13.8. The molecule has 0 saturated carbocycles. The minimum atomic E-state index is 0.155. The van der Waals surface area contributed by atoms with Crippen LogP contribution in [0.15, 0.2) is 133 Å². The van der Waals surface area contributed by atoms with Crippen LogP contribution in [0.3, 0.4) is 0 Å². The van der Waals surface area contributed by atoms with Crippen LogP contribution in [0.5, 0.6) is 0 Å². The fraction of sp³-hybridized carbons (Fsp3) is 0.231. The molecule has 40 heavy (non-hydrogen) atoms. The summed E-state index contributed by atoms with van der Waals surface area (Å²) < 4.78 is 0. The molecule has 0 N–H and O–H groups in total. The van der Waals surface area contributed by atoms with E-state index < -0.39 is 0 Å². The van der Waals surface area contributed by atoms with Gasteiger partial charge in [0, 0.05) is 17.1 Å². The molecule has 0 aliphatic heterocycles. The van der Waals surface area contributed by atoms with Gasteiger partial charge in [0.1, 0.15) is 0 Å². The van der Waals surface area contributed by atoms with E-state index >= 15 is 0 Å². The monoisotopic (exact) mass is 523 g/mol. The smallest absolute Gasteiger partial charge is 0.0461 e. The zero-order valence-electron chi connectivity index (χ0n) is 24.8. The lowest BCUT2D eigenvalue weighted by molar-refractivity contribution is 0.590. The van der Waals surface area contributed by atoms with Gasteiger partial charge in [-0.2, -0.15) is 0 Å². The minimum absolute atomic E-state index is 0.155. The van der Waals surface area contributed by atoms with Crippen LogP contribution in [0, 0.1) is 0 Å². The lowest BCUT2D eigenvalue weighted by Gasteiger charge is -2.26. The summed E-state index contributed by atoms with van der Waals surface area (Å²) in [6.07, 6.45) is 10.0. The van der Waals surface area contributed by atoms with Crippen LogP contribution >= 0.6 is 0 Å². The second-order valence-electron chi connectivity index (χ2n) is 12.7. The first-order chi connectivity index (χ1) is 19.1. The van der Waals surface area contributed by atoms with Crippen LogP contribution < -0.4 is 4.90 Å². The Morgan fingerprint density at radius 2 is 0.950 bits per heavy atom. The molecule has 4 aromatic carbocycles. The third kappa shape index (κ3) is 6.20. The Kier molecular flexibility index (Phi) is 7.68. The van der Waals surface area contributed by atoms with E-state index in [4.69, 9.17) is 0 Å². The average Bonchev–Trinajstić information content (AvgIpc) is 3.20. The summed E-state index contributed by atoms with van der Waals surface area (Å²) in [5.41, 5.74) is 11.5. The standard InChI is InChI=1S/C39H41N/c1-38(2,3)33-22-15-30(16-23-33)29-11-10-14-36(26-19-29)40(35-12-8-7-9-13-35)37-27-20-32(21-28-37)31-17-24-34(25-18-31)39(4,5)6/h7-9,11-28H,10H2,1-6H3. The first-order valence-electron chi connectivity index (χ1n) is 14.4. The van der Waals surface area contributed by atoms with Gasteiger partial charge in [0.05, 0.1) is 0 Å². The molecular formula is C39H41N. The van der Waals surface area contributed by atoms with E-state index in [-0.39, 0.29) is 10.8 Å². The Morgan fingerprint density at radius 3 is 1.48 bits per heavy atom. The molecule has 202 valence electrons. The van der Waals surface area contributed by atoms with Crippen molar-refractivity contribution in [3.05, 3.63) is 150 Å². The Morgan fingerprint density at radius 1 is 0.475 bits per heavy atom. The molecule has 0 unspecified atom stereocenters. The first-order valence-corrected chi connectivity index (χ1v) is 14.4. The molecule has 0 radical (unpaired) electrons. The molecular weight excluding hydrogens is 482 g/mol. The van der Waals surface area contributed by atoms with Gasteiger partial charge < -0.3 is 4.90 Å². The lowest BCUT2D eigenvalue weighted by atomic mass is 9.86. The SMILES string of the molecule is CC(C)(C)c1ccc(C2=CCC=C(N(c3ccccc3)c3ccc(-c4ccc(C(C)(C)C)cc4)cc3)C=C2)cc1. The van der Waals surface area contributed by atoms with E-state index in [1.165, 1.54) is 39.1 Å². The summed E-state index contributed by atoms with van der Waals surface area (Å²) in [7, 11) is 0. The minimum Gasteiger partial charge on any atom is -0.311 e. The zero-order valence-corrected chi connectivity index (χ0v) is 24.8. The van der Waals surface area contributed by atoms with Gasteiger partial charge in [-0.15, -0.1) is 0 Å². The van der Waals surface area contributed by atoms with Gasteiger partial charge in [0.15, 0.2) is 0 Å². The number of hydrogen-bond donors (Lipinski definition) is 0. The molecule has 0 amide bonds. The molecule has 1 aliphatic carbocycles. The molecule has 5 rings (SSSR count). The van der Waals surface area contributed by atoms with Crippen LogP contribution in [0.1, 0.15) is 64.7 Å². The molecule has 1 heteroatoms. The number of allylic oxidation sites excluding steroid dienone is 5. The van der Waals surface area contributed by atoms with Crippen LogP contribution in [-0.4, -0.2) is 0 Å². The van der Waals surface area contributed by atoms with E-state index in [0.717, 1.165) is 17.8 Å². The van der Waals surface area contributed by atoms with Crippen molar-refractivity contribution in [2.45, 2.75) is 58.8 Å². The summed E-state index contributed by atoms with van der Waals surface area (Å²) in [6, 6.07) is 37.6. The van der Waals surface area contributed by atoms with E-state index in [1.807, 2.05) is 0 Å². The van der Waals surface area contributed by atoms with Crippen molar-refractivity contribution in [2.75, 3.05) is 4.90 Å². The second-order valence-corrected chi connectivity index (χ2v) is 12.7. The quantitative estimate of drug-likeness (QED) is 0.251. The van der Waals surface area contributed by atoms with Crippen molar-refractivity contribution < 1.29 is 0 Å². The second kappa shape index (κ2) is 11.2. The number of nitrogens with zero attached hydrogens (tertiary/aromatic N) is 1. The maximum absolute atomic E-state index is 2.35. The van der Waals surface area contributed by atoms with E-state index in [9.17, 15) is 0 Å². The van der Waals surface area contributed by atoms with Gasteiger partial charge in [-0.1, -0.05) is 139 Å². The van der Waals surface area contributed by atoms with Gasteiger partial charge in [0.2, 0.25) is 0 Å². The first kappa shape index (κ1) is 27.5. The Balaban J connectivity index is 1.42. The van der Waals surface area contributed by atoms with Crippen LogP contribution in [0.2, 0.25) is 0 Å². The highest BCUT2D eigenvalue weighted by Crippen LogP contribution is 2.35. The highest BCUT2D eigenvalue weighted by atomic mass is 15.1. The molecule has 0 bridgehead atoms. The molecule has 0 fully saturated rings. The molecule has 4 aromatic rings. The average molecular weight is 524 g/mol. The Bertz CT molecular complexity index is 1520. The van der Waals surface area contributed by atoms with Gasteiger partial charge in [-0.25, -0.2) is 0 Å². The van der Waals surface area contributed by atoms with Crippen molar-refractivity contribution >= 4 is 16.9 Å². The fourth-order valence-electron chi connectivity index (χ4n) is 5.15. The Hall–Kier alpha value is -4.10. The fourth-order valence-corrected chi connectivity index (χ4v) is 5.15. The van der Waals surface area contributed by atoms with Crippen molar-refractivity contribution in [3.8, 4) is 11.1 Å². The maximum atomic E-state index is 2.35. The van der Waals surface area contributed by atoms with Crippen LogP contribution in [0.4, 0.5) is 11.4 Å². The number of rotatable bonds is 5. The zero-order chi connectivity index (χ0) is 28.3. The summed E-state index contributed by atoms with van der Waals surface area (Å²) in [5.74, 6) is 0. The van der Waals surface area contributed by atoms with E-state index in [1.54, 1.807) is 0 Å². The van der Waals surface area contributed by atoms with E-state index in [0.29, 0.717) is 0 Å². The van der Waals surface area contributed by atoms with Crippen LogP contribution in [0.25, 0.3) is 16.7 Å². The molecule has 0 aromatic heterocycles. The largest absolute Gasteiger partial charge is 0.311 e. The highest BCUT2D eigenvalue weighted by Gasteiger charge is 2.17. The van der Waals surface area contributed by atoms with Gasteiger partial charge in [-0.05, 0) is 81.0 Å². The molecule has 0 saturated heterocycles. The van der Waals surface area contributed by atoms with Crippen LogP contribution in [-0.2, 0) is 10.8 Å². The highest BCUT2D eigenvalue weighted by molar-refractivity contribution is 5.78. The molecule has 1 nitrogen and oxygen atoms in total. The third-order valence-corrected chi connectivity index (χ3v) is 7.67. The molecule has 0 heterocycles. The predicted molar refractivity (Wildman–Crippen MR) is 174 cm³/mol. The topological polar surface area (TPSA) is 3.24 Å². The van der Waals surface area contributed by atoms with E-state index in [2.05, 4.69) is 174 Å². The number of hydrogen-bond acceptors (Lipinski definition) is 1. The van der Waals surface area contributed by atoms with Crippen molar-refractivity contribution in [1.82, 2.24) is 0 Å². The number of benzene rings is 4. The number of para-hydroxylation sites is 1. The third-order valence-electron chi connectivity index (χ3n) is 7.67. The lowest BCUT2D eigenvalue weighted by Crippen LogP contribution is -2.15. The van der Waals surface area contributed by atoms with Crippen molar-refractivity contribution in [3.63, 3.8) is 0 Å². The summed E-state index contributed by atoms with van der Waals surface area (Å²) in [6.45, 7) is 13.6. The molecule has 0 atom stereocenters. The van der Waals surface area contributed by atoms with Crippen molar-refractivity contribution in [2.24, 2.45) is 0 Å². The number of anilines is 2. The van der Waals surface area contributed by atoms with Gasteiger partial charge in [-0.3, -0.25) is 0 Å². The summed E-state index contributed by atoms with van der Waals surface area (Å²) in [4.78, 5) is 2.35. The molecule has 1 aliphatic rings. The maximum Gasteiger partial charge on any atom is 0.0461 e. The molecule has 0 spiro atoms. The predicted octanol–water partition coefficient (Wildman–Crippen LogP) is 11.0. The summed E-state index contributed by atoms with van der Waals surface area (Å²) >= 11 is 0.